The van der Waals surface area contributed by atoms with Crippen molar-refractivity contribution < 1.29 is 4.79 Å². The highest BCUT2D eigenvalue weighted by atomic mass is 35.5. The highest BCUT2D eigenvalue weighted by Gasteiger charge is 2.33. The van der Waals surface area contributed by atoms with E-state index in [1.54, 1.807) is 32.8 Å². The third kappa shape index (κ3) is 4.04. The Morgan fingerprint density at radius 2 is 1.68 bits per heavy atom. The molecule has 1 fully saturated rings. The lowest BCUT2D eigenvalue weighted by molar-refractivity contribution is 0.0498. The largest absolute Gasteiger partial charge is 0.334 e. The molecule has 4 aromatic rings. The molecule has 0 radical (unpaired) electrons. The van der Waals surface area contributed by atoms with E-state index in [1.807, 2.05) is 42.6 Å². The van der Waals surface area contributed by atoms with Gasteiger partial charge in [-0.25, -0.2) is 4.68 Å². The first-order valence-electron chi connectivity index (χ1n) is 9.66. The van der Waals surface area contributed by atoms with Gasteiger partial charge in [-0.15, -0.1) is 5.10 Å². The summed E-state index contributed by atoms with van der Waals surface area (Å²) < 4.78 is 1.80. The molecular weight excluding hydrogens is 437 g/mol. The van der Waals surface area contributed by atoms with Crippen molar-refractivity contribution in [3.05, 3.63) is 82.4 Å². The van der Waals surface area contributed by atoms with E-state index >= 15 is 0 Å². The third-order valence-electron chi connectivity index (χ3n) is 5.24. The summed E-state index contributed by atoms with van der Waals surface area (Å²) in [5.74, 6) is -0.00183. The van der Waals surface area contributed by atoms with E-state index in [2.05, 4.69) is 20.5 Å². The Hall–Kier alpha value is -3.23. The van der Waals surface area contributed by atoms with Crippen molar-refractivity contribution in [2.24, 2.45) is 0 Å². The second kappa shape index (κ2) is 8.13. The number of hydrogen-bond acceptors (Lipinski definition) is 5. The van der Waals surface area contributed by atoms with Crippen LogP contribution < -0.4 is 0 Å². The molecule has 1 aliphatic rings. The minimum atomic E-state index is -0.00183. The molecule has 0 N–H and O–H groups in total. The average molecular weight is 454 g/mol. The number of aromatic nitrogens is 6. The summed E-state index contributed by atoms with van der Waals surface area (Å²) in [6.45, 7) is 1.65. The van der Waals surface area contributed by atoms with Crippen LogP contribution in [0.3, 0.4) is 0 Å². The topological polar surface area (TPSA) is 81.7 Å². The second-order valence-corrected chi connectivity index (χ2v) is 8.13. The molecule has 2 aromatic heterocycles. The molecule has 1 saturated heterocycles. The summed E-state index contributed by atoms with van der Waals surface area (Å²) in [6.07, 6.45) is 5.12. The number of carbonyl (C=O) groups excluding carboxylic acids is 1. The molecule has 1 amide bonds. The molecule has 0 atom stereocenters. The second-order valence-electron chi connectivity index (χ2n) is 7.32. The number of hydrogen-bond donors (Lipinski definition) is 0. The lowest BCUT2D eigenvalue weighted by Crippen LogP contribution is -2.50. The molecule has 0 unspecified atom stereocenters. The zero-order valence-corrected chi connectivity index (χ0v) is 17.8. The van der Waals surface area contributed by atoms with E-state index in [1.165, 1.54) is 0 Å². The average Bonchev–Trinajstić information content (AvgIpc) is 3.42. The van der Waals surface area contributed by atoms with Crippen LogP contribution >= 0.6 is 23.2 Å². The smallest absolute Gasteiger partial charge is 0.253 e. The number of rotatable bonds is 5. The van der Waals surface area contributed by atoms with Gasteiger partial charge in [0.25, 0.3) is 5.91 Å². The molecule has 31 heavy (non-hydrogen) atoms. The number of halogens is 2. The summed E-state index contributed by atoms with van der Waals surface area (Å²) in [5.41, 5.74) is 3.34. The fraction of sp³-hybridized carbons (Fsp3) is 0.190. The summed E-state index contributed by atoms with van der Waals surface area (Å²) in [5, 5.41) is 17.5. The van der Waals surface area contributed by atoms with E-state index < -0.39 is 0 Å². The van der Waals surface area contributed by atoms with Gasteiger partial charge in [0, 0.05) is 18.7 Å². The number of nitrogens with zero attached hydrogens (tertiary/aromatic N) is 7. The summed E-state index contributed by atoms with van der Waals surface area (Å²) in [4.78, 5) is 16.1. The first-order valence-corrected chi connectivity index (χ1v) is 10.4. The van der Waals surface area contributed by atoms with Gasteiger partial charge in [-0.05, 0) is 35.4 Å². The Morgan fingerprint density at radius 1 is 0.968 bits per heavy atom. The van der Waals surface area contributed by atoms with Crippen molar-refractivity contribution in [1.82, 2.24) is 34.9 Å². The monoisotopic (exact) mass is 453 g/mol. The SMILES string of the molecule is O=C(c1ccc(-c2ccc(Cl)c(Cl)c2)cc1)N1CC(n2cc(Cn3nccn3)nn2)C1. The number of carbonyl (C=O) groups is 1. The molecule has 0 saturated carbocycles. The standard InChI is InChI=1S/C21H17Cl2N7O/c22-19-6-5-16(9-20(19)23)14-1-3-15(4-2-14)21(31)28-12-18(13-28)29-10-17(26-27-29)11-30-24-7-8-25-30/h1-10,18H,11-13H2. The van der Waals surface area contributed by atoms with Gasteiger partial charge >= 0.3 is 0 Å². The van der Waals surface area contributed by atoms with Crippen LogP contribution in [0.15, 0.2) is 61.1 Å². The normalized spacial score (nSPS) is 13.9. The van der Waals surface area contributed by atoms with E-state index in [9.17, 15) is 4.79 Å². The lowest BCUT2D eigenvalue weighted by Gasteiger charge is -2.38. The quantitative estimate of drug-likeness (QED) is 0.461. The van der Waals surface area contributed by atoms with Crippen molar-refractivity contribution >= 4 is 29.1 Å². The Labute approximate surface area is 188 Å². The lowest BCUT2D eigenvalue weighted by atomic mass is 10.0. The fourth-order valence-electron chi connectivity index (χ4n) is 3.49. The van der Waals surface area contributed by atoms with Crippen molar-refractivity contribution in [1.29, 1.82) is 0 Å². The molecule has 0 spiro atoms. The van der Waals surface area contributed by atoms with Gasteiger partial charge in [-0.2, -0.15) is 15.0 Å². The molecular formula is C21H17Cl2N7O. The number of benzene rings is 2. The van der Waals surface area contributed by atoms with Crippen molar-refractivity contribution in [3.8, 4) is 11.1 Å². The van der Waals surface area contributed by atoms with Crippen LogP contribution in [-0.4, -0.2) is 53.9 Å². The highest BCUT2D eigenvalue weighted by Crippen LogP contribution is 2.29. The van der Waals surface area contributed by atoms with Gasteiger partial charge in [0.05, 0.1) is 34.7 Å². The molecule has 1 aliphatic heterocycles. The molecule has 8 nitrogen and oxygen atoms in total. The van der Waals surface area contributed by atoms with Gasteiger partial charge in [-0.3, -0.25) is 4.79 Å². The Balaban J connectivity index is 1.20. The van der Waals surface area contributed by atoms with Crippen LogP contribution in [0.5, 0.6) is 0 Å². The van der Waals surface area contributed by atoms with Crippen molar-refractivity contribution in [2.45, 2.75) is 12.6 Å². The fourth-order valence-corrected chi connectivity index (χ4v) is 3.78. The maximum atomic E-state index is 12.8. The van der Waals surface area contributed by atoms with Crippen LogP contribution in [0.25, 0.3) is 11.1 Å². The third-order valence-corrected chi connectivity index (χ3v) is 5.98. The first-order chi connectivity index (χ1) is 15.1. The number of amides is 1. The molecule has 2 aromatic carbocycles. The van der Waals surface area contributed by atoms with Crippen LogP contribution in [0.4, 0.5) is 0 Å². The van der Waals surface area contributed by atoms with Gasteiger partial charge in [-0.1, -0.05) is 46.6 Å². The van der Waals surface area contributed by atoms with E-state index in [4.69, 9.17) is 23.2 Å². The van der Waals surface area contributed by atoms with Crippen LogP contribution in [0.1, 0.15) is 22.1 Å². The molecule has 0 bridgehead atoms. The summed E-state index contributed by atoms with van der Waals surface area (Å²) in [6, 6.07) is 13.1. The van der Waals surface area contributed by atoms with Crippen LogP contribution in [-0.2, 0) is 6.54 Å². The maximum absolute atomic E-state index is 12.8. The molecule has 156 valence electrons. The highest BCUT2D eigenvalue weighted by molar-refractivity contribution is 6.42. The number of likely N-dealkylation sites (tertiary alicyclic amines) is 1. The van der Waals surface area contributed by atoms with Crippen molar-refractivity contribution in [2.75, 3.05) is 13.1 Å². The van der Waals surface area contributed by atoms with Crippen LogP contribution in [0, 0.1) is 0 Å². The van der Waals surface area contributed by atoms with Crippen molar-refractivity contribution in [3.63, 3.8) is 0 Å². The van der Waals surface area contributed by atoms with Gasteiger partial charge < -0.3 is 4.90 Å². The molecule has 0 aliphatic carbocycles. The molecule has 5 rings (SSSR count). The van der Waals surface area contributed by atoms with E-state index in [-0.39, 0.29) is 11.9 Å². The minimum Gasteiger partial charge on any atom is -0.334 e. The predicted molar refractivity (Wildman–Crippen MR) is 116 cm³/mol. The predicted octanol–water partition coefficient (Wildman–Crippen LogP) is 3.59. The Bertz CT molecular complexity index is 1220. The molecule has 10 heteroatoms. The first kappa shape index (κ1) is 19.7. The minimum absolute atomic E-state index is 0.00183. The zero-order valence-electron chi connectivity index (χ0n) is 16.3. The Kier molecular flexibility index (Phi) is 5.17. The summed E-state index contributed by atoms with van der Waals surface area (Å²) in [7, 11) is 0. The zero-order chi connectivity index (χ0) is 21.4. The summed E-state index contributed by atoms with van der Waals surface area (Å²) >= 11 is 12.1. The van der Waals surface area contributed by atoms with Gasteiger partial charge in [0.1, 0.15) is 12.2 Å². The van der Waals surface area contributed by atoms with Crippen LogP contribution in [0.2, 0.25) is 10.0 Å². The molecule has 3 heterocycles. The van der Waals surface area contributed by atoms with E-state index in [0.29, 0.717) is 35.2 Å². The van der Waals surface area contributed by atoms with E-state index in [0.717, 1.165) is 16.8 Å². The van der Waals surface area contributed by atoms with Gasteiger partial charge in [0.2, 0.25) is 0 Å². The van der Waals surface area contributed by atoms with Gasteiger partial charge in [0.15, 0.2) is 0 Å². The Morgan fingerprint density at radius 3 is 2.39 bits per heavy atom. The maximum Gasteiger partial charge on any atom is 0.253 e.